The van der Waals surface area contributed by atoms with Crippen molar-refractivity contribution in [3.63, 3.8) is 0 Å². The second kappa shape index (κ2) is 9.68. The zero-order valence-corrected chi connectivity index (χ0v) is 21.5. The predicted molar refractivity (Wildman–Crippen MR) is 137 cm³/mol. The minimum absolute atomic E-state index is 0.135. The summed E-state index contributed by atoms with van der Waals surface area (Å²) in [6, 6.07) is 11.5. The highest BCUT2D eigenvalue weighted by Gasteiger charge is 2.35. The van der Waals surface area contributed by atoms with Crippen LogP contribution in [-0.4, -0.2) is 58.1 Å². The third-order valence-electron chi connectivity index (χ3n) is 7.02. The normalized spacial score (nSPS) is 15.7. The van der Waals surface area contributed by atoms with E-state index in [4.69, 9.17) is 4.52 Å². The van der Waals surface area contributed by atoms with Crippen LogP contribution in [0, 0.1) is 13.8 Å². The second-order valence-electron chi connectivity index (χ2n) is 9.63. The lowest BCUT2D eigenvalue weighted by molar-refractivity contribution is -0.0165. The lowest BCUT2D eigenvalue weighted by Crippen LogP contribution is -2.47. The van der Waals surface area contributed by atoms with E-state index in [1.807, 2.05) is 13.8 Å². The van der Waals surface area contributed by atoms with Gasteiger partial charge in [0.15, 0.2) is 9.84 Å². The Hall–Kier alpha value is -3.63. The van der Waals surface area contributed by atoms with E-state index in [0.29, 0.717) is 60.3 Å². The quantitative estimate of drug-likeness (QED) is 0.410. The van der Waals surface area contributed by atoms with Gasteiger partial charge >= 0.3 is 0 Å². The highest BCUT2D eigenvalue weighted by molar-refractivity contribution is 7.90. The Morgan fingerprint density at radius 3 is 2.43 bits per heavy atom. The fourth-order valence-corrected chi connectivity index (χ4v) is 6.35. The Labute approximate surface area is 215 Å². The van der Waals surface area contributed by atoms with Gasteiger partial charge < -0.3 is 14.5 Å². The van der Waals surface area contributed by atoms with Crippen LogP contribution in [0.4, 0.5) is 0 Å². The van der Waals surface area contributed by atoms with Crippen LogP contribution in [0.2, 0.25) is 0 Å². The molecule has 1 saturated heterocycles. The average Bonchev–Trinajstić information content (AvgIpc) is 3.20. The smallest absolute Gasteiger partial charge is 0.253 e. The summed E-state index contributed by atoms with van der Waals surface area (Å²) < 4.78 is 31.5. The van der Waals surface area contributed by atoms with Crippen LogP contribution in [-0.2, 0) is 22.0 Å². The van der Waals surface area contributed by atoms with Crippen LogP contribution in [0.3, 0.4) is 0 Å². The first-order valence-corrected chi connectivity index (χ1v) is 13.8. The van der Waals surface area contributed by atoms with Gasteiger partial charge in [-0.3, -0.25) is 14.8 Å². The first-order chi connectivity index (χ1) is 17.7. The number of hydrogen-bond acceptors (Lipinski definition) is 8. The van der Waals surface area contributed by atoms with Gasteiger partial charge in [-0.2, -0.15) is 0 Å². The molecule has 1 fully saturated rings. The number of hydrogen-bond donors (Lipinski definition) is 1. The van der Waals surface area contributed by atoms with Crippen molar-refractivity contribution in [1.29, 1.82) is 0 Å². The number of fused-ring (bicyclic) bond motifs is 1. The standard InChI is InChI=1S/C27H28N4O5S/c1-18-22(19(2)36-30-18)16-27(33)10-14-31(15-11-27)26(32)21-8-6-20(7-9-21)17-37(34,35)24-5-3-4-23-25(24)29-13-12-28-23/h3-9,12-13,33H,10-11,14-17H2,1-2H3. The maximum Gasteiger partial charge on any atom is 0.253 e. The van der Waals surface area contributed by atoms with Crippen LogP contribution in [0.1, 0.15) is 45.8 Å². The van der Waals surface area contributed by atoms with Crippen molar-refractivity contribution in [3.05, 3.63) is 83.0 Å². The number of rotatable bonds is 6. The molecule has 4 aromatic rings. The molecule has 10 heteroatoms. The Kier molecular flexibility index (Phi) is 6.55. The van der Waals surface area contributed by atoms with Gasteiger partial charge in [0.1, 0.15) is 11.3 Å². The molecule has 5 rings (SSSR count). The summed E-state index contributed by atoms with van der Waals surface area (Å²) in [5.41, 5.74) is 2.70. The van der Waals surface area contributed by atoms with E-state index < -0.39 is 15.4 Å². The maximum absolute atomic E-state index is 13.1. The number of aromatic nitrogens is 3. The van der Waals surface area contributed by atoms with E-state index in [1.54, 1.807) is 41.3 Å². The molecule has 0 radical (unpaired) electrons. The lowest BCUT2D eigenvalue weighted by atomic mass is 9.84. The van der Waals surface area contributed by atoms with Crippen LogP contribution in [0.5, 0.6) is 0 Å². The number of para-hydroxylation sites is 1. The summed E-state index contributed by atoms with van der Waals surface area (Å²) >= 11 is 0. The molecule has 1 aliphatic rings. The molecule has 1 N–H and O–H groups in total. The van der Waals surface area contributed by atoms with E-state index in [1.165, 1.54) is 18.5 Å². The molecule has 9 nitrogen and oxygen atoms in total. The molecule has 1 aliphatic heterocycles. The largest absolute Gasteiger partial charge is 0.389 e. The average molecular weight is 521 g/mol. The number of piperidine rings is 1. The van der Waals surface area contributed by atoms with Gasteiger partial charge in [0, 0.05) is 43.0 Å². The molecule has 0 atom stereocenters. The van der Waals surface area contributed by atoms with Crippen molar-refractivity contribution in [3.8, 4) is 0 Å². The third-order valence-corrected chi connectivity index (χ3v) is 8.74. The first kappa shape index (κ1) is 25.0. The molecule has 0 bridgehead atoms. The van der Waals surface area contributed by atoms with Gasteiger partial charge in [0.2, 0.25) is 0 Å². The number of likely N-dealkylation sites (tertiary alicyclic amines) is 1. The monoisotopic (exact) mass is 520 g/mol. The lowest BCUT2D eigenvalue weighted by Gasteiger charge is -2.38. The molecule has 2 aromatic carbocycles. The molecule has 37 heavy (non-hydrogen) atoms. The number of aliphatic hydroxyl groups is 1. The molecular formula is C27H28N4O5S. The molecule has 0 aliphatic carbocycles. The molecular weight excluding hydrogens is 492 g/mol. The first-order valence-electron chi connectivity index (χ1n) is 12.1. The zero-order valence-electron chi connectivity index (χ0n) is 20.7. The zero-order chi connectivity index (χ0) is 26.2. The highest BCUT2D eigenvalue weighted by atomic mass is 32.2. The van der Waals surface area contributed by atoms with Crippen LogP contribution in [0.25, 0.3) is 11.0 Å². The van der Waals surface area contributed by atoms with E-state index >= 15 is 0 Å². The molecule has 192 valence electrons. The summed E-state index contributed by atoms with van der Waals surface area (Å²) in [7, 11) is -3.67. The van der Waals surface area contributed by atoms with Gasteiger partial charge in [-0.25, -0.2) is 8.42 Å². The van der Waals surface area contributed by atoms with Gasteiger partial charge in [-0.1, -0.05) is 23.4 Å². The molecule has 0 spiro atoms. The van der Waals surface area contributed by atoms with Crippen molar-refractivity contribution in [1.82, 2.24) is 20.0 Å². The van der Waals surface area contributed by atoms with Crippen LogP contribution >= 0.6 is 0 Å². The summed E-state index contributed by atoms with van der Waals surface area (Å²) in [4.78, 5) is 23.3. The number of carbonyl (C=O) groups excluding carboxylic acids is 1. The number of carbonyl (C=O) groups is 1. The molecule has 1 amide bonds. The van der Waals surface area contributed by atoms with E-state index in [9.17, 15) is 18.3 Å². The minimum Gasteiger partial charge on any atom is -0.389 e. The summed E-state index contributed by atoms with van der Waals surface area (Å²) in [6.07, 6.45) is 4.35. The Morgan fingerprint density at radius 2 is 1.76 bits per heavy atom. The highest BCUT2D eigenvalue weighted by Crippen LogP contribution is 2.30. The number of amides is 1. The van der Waals surface area contributed by atoms with Crippen molar-refractivity contribution < 1.29 is 22.8 Å². The Morgan fingerprint density at radius 1 is 1.05 bits per heavy atom. The van der Waals surface area contributed by atoms with Gasteiger partial charge in [-0.05, 0) is 56.5 Å². The summed E-state index contributed by atoms with van der Waals surface area (Å²) in [5.74, 6) is 0.355. The van der Waals surface area contributed by atoms with Gasteiger partial charge in [0.05, 0.1) is 27.5 Å². The third kappa shape index (κ3) is 5.12. The van der Waals surface area contributed by atoms with E-state index in [-0.39, 0.29) is 16.6 Å². The molecule has 2 aromatic heterocycles. The molecule has 0 unspecified atom stereocenters. The fourth-order valence-electron chi connectivity index (χ4n) is 4.83. The predicted octanol–water partition coefficient (Wildman–Crippen LogP) is 3.42. The van der Waals surface area contributed by atoms with Crippen LogP contribution < -0.4 is 0 Å². The summed E-state index contributed by atoms with van der Waals surface area (Å²) in [6.45, 7) is 4.55. The van der Waals surface area contributed by atoms with E-state index in [0.717, 1.165) is 11.3 Å². The van der Waals surface area contributed by atoms with Crippen molar-refractivity contribution in [2.24, 2.45) is 0 Å². The van der Waals surface area contributed by atoms with Crippen LogP contribution in [0.15, 0.2) is 64.3 Å². The number of aryl methyl sites for hydroxylation is 2. The SMILES string of the molecule is Cc1noc(C)c1CC1(O)CCN(C(=O)c2ccc(CS(=O)(=O)c3cccc4nccnc34)cc2)CC1. The van der Waals surface area contributed by atoms with Crippen molar-refractivity contribution in [2.45, 2.75) is 49.4 Å². The number of benzene rings is 2. The second-order valence-corrected chi connectivity index (χ2v) is 11.6. The van der Waals surface area contributed by atoms with Gasteiger partial charge in [-0.15, -0.1) is 0 Å². The van der Waals surface area contributed by atoms with Crippen molar-refractivity contribution >= 4 is 26.8 Å². The Balaban J connectivity index is 1.24. The summed E-state index contributed by atoms with van der Waals surface area (Å²) in [5, 5.41) is 15.1. The topological polar surface area (TPSA) is 126 Å². The number of nitrogens with zero attached hydrogens (tertiary/aromatic N) is 4. The fraction of sp³-hybridized carbons (Fsp3) is 0.333. The molecule has 3 heterocycles. The maximum atomic E-state index is 13.1. The van der Waals surface area contributed by atoms with Crippen molar-refractivity contribution in [2.75, 3.05) is 13.1 Å². The van der Waals surface area contributed by atoms with Gasteiger partial charge in [0.25, 0.3) is 5.91 Å². The van der Waals surface area contributed by atoms with E-state index in [2.05, 4.69) is 15.1 Å². The number of sulfone groups is 1. The Bertz CT molecular complexity index is 1530. The minimum atomic E-state index is -3.67. The molecule has 0 saturated carbocycles.